The average molecular weight is 335 g/mol. The average Bonchev–Trinajstić information content (AvgIpc) is 3.18. The number of nitrogens with zero attached hydrogens (tertiary/aromatic N) is 3. The minimum absolute atomic E-state index is 0.0650. The summed E-state index contributed by atoms with van der Waals surface area (Å²) >= 11 is 0. The summed E-state index contributed by atoms with van der Waals surface area (Å²) in [7, 11) is 3.35. The Balaban J connectivity index is 1.68. The molecule has 1 atom stereocenters. The zero-order valence-corrected chi connectivity index (χ0v) is 14.4. The van der Waals surface area contributed by atoms with E-state index in [1.54, 1.807) is 29.9 Å². The van der Waals surface area contributed by atoms with Crippen LogP contribution in [-0.4, -0.2) is 34.7 Å². The molecule has 5 nitrogen and oxygen atoms in total. The fraction of sp³-hybridized carbons (Fsp3) is 0.200. The van der Waals surface area contributed by atoms with Crippen molar-refractivity contribution in [2.75, 3.05) is 14.2 Å². The number of carbonyl (C=O) groups is 1. The van der Waals surface area contributed by atoms with E-state index in [1.807, 2.05) is 66.9 Å². The lowest BCUT2D eigenvalue weighted by Gasteiger charge is -2.23. The smallest absolute Gasteiger partial charge is 0.256 e. The molecule has 0 N–H and O–H groups in total. The molecule has 1 heterocycles. The molecule has 0 aliphatic rings. The van der Waals surface area contributed by atoms with Crippen molar-refractivity contribution in [1.82, 2.24) is 14.7 Å². The Kier molecular flexibility index (Phi) is 5.26. The maximum Gasteiger partial charge on any atom is 0.256 e. The highest BCUT2D eigenvalue weighted by molar-refractivity contribution is 5.82. The predicted molar refractivity (Wildman–Crippen MR) is 96.2 cm³/mol. The van der Waals surface area contributed by atoms with E-state index < -0.39 is 6.10 Å². The van der Waals surface area contributed by atoms with Gasteiger partial charge in [0.2, 0.25) is 0 Å². The van der Waals surface area contributed by atoms with Crippen LogP contribution in [0.15, 0.2) is 73.1 Å². The fourth-order valence-corrected chi connectivity index (χ4v) is 2.73. The molecule has 0 fully saturated rings. The third-order valence-electron chi connectivity index (χ3n) is 4.06. The quantitative estimate of drug-likeness (QED) is 0.695. The van der Waals surface area contributed by atoms with E-state index in [2.05, 4.69) is 5.10 Å². The highest BCUT2D eigenvalue weighted by Gasteiger charge is 2.23. The molecule has 0 radical (unpaired) electrons. The molecular formula is C20H21N3O2. The first-order valence-corrected chi connectivity index (χ1v) is 8.10. The van der Waals surface area contributed by atoms with Gasteiger partial charge in [-0.2, -0.15) is 5.10 Å². The van der Waals surface area contributed by atoms with Crippen LogP contribution in [0.5, 0.6) is 0 Å². The van der Waals surface area contributed by atoms with Gasteiger partial charge in [0.1, 0.15) is 0 Å². The first-order chi connectivity index (χ1) is 12.2. The Morgan fingerprint density at radius 3 is 2.44 bits per heavy atom. The molecule has 1 amide bonds. The molecule has 0 aliphatic heterocycles. The van der Waals surface area contributed by atoms with Crippen LogP contribution in [0.25, 0.3) is 5.69 Å². The van der Waals surface area contributed by atoms with Gasteiger partial charge in [0.15, 0.2) is 6.10 Å². The van der Waals surface area contributed by atoms with E-state index in [1.165, 1.54) is 0 Å². The maximum absolute atomic E-state index is 12.7. The zero-order chi connectivity index (χ0) is 17.6. The number of hydrogen-bond donors (Lipinski definition) is 0. The Bertz CT molecular complexity index is 799. The van der Waals surface area contributed by atoms with Gasteiger partial charge in [0.25, 0.3) is 5.91 Å². The van der Waals surface area contributed by atoms with Crippen molar-refractivity contribution in [2.45, 2.75) is 12.6 Å². The minimum Gasteiger partial charge on any atom is -0.367 e. The van der Waals surface area contributed by atoms with E-state index in [9.17, 15) is 4.79 Å². The van der Waals surface area contributed by atoms with Crippen LogP contribution in [0.4, 0.5) is 0 Å². The van der Waals surface area contributed by atoms with Crippen LogP contribution in [0, 0.1) is 0 Å². The summed E-state index contributed by atoms with van der Waals surface area (Å²) in [4.78, 5) is 14.4. The monoisotopic (exact) mass is 335 g/mol. The lowest BCUT2D eigenvalue weighted by atomic mass is 10.1. The Hall–Kier alpha value is -2.92. The van der Waals surface area contributed by atoms with Gasteiger partial charge in [-0.05, 0) is 29.3 Å². The van der Waals surface area contributed by atoms with E-state index in [-0.39, 0.29) is 5.91 Å². The number of ether oxygens (including phenoxy) is 1. The van der Waals surface area contributed by atoms with Crippen LogP contribution in [0.1, 0.15) is 17.2 Å². The first kappa shape index (κ1) is 16.9. The first-order valence-electron chi connectivity index (χ1n) is 8.10. The molecule has 1 aromatic heterocycles. The van der Waals surface area contributed by atoms with Crippen molar-refractivity contribution >= 4 is 5.91 Å². The van der Waals surface area contributed by atoms with Crippen LogP contribution in [0.2, 0.25) is 0 Å². The van der Waals surface area contributed by atoms with Crippen molar-refractivity contribution in [3.63, 3.8) is 0 Å². The van der Waals surface area contributed by atoms with Gasteiger partial charge in [-0.3, -0.25) is 4.79 Å². The third-order valence-corrected chi connectivity index (χ3v) is 4.06. The number of amides is 1. The van der Waals surface area contributed by atoms with Gasteiger partial charge >= 0.3 is 0 Å². The summed E-state index contributed by atoms with van der Waals surface area (Å²) in [5.74, 6) is -0.0650. The van der Waals surface area contributed by atoms with Gasteiger partial charge in [-0.25, -0.2) is 4.68 Å². The van der Waals surface area contributed by atoms with Crippen LogP contribution in [-0.2, 0) is 16.1 Å². The van der Waals surface area contributed by atoms with Gasteiger partial charge in [0.05, 0.1) is 5.69 Å². The number of rotatable bonds is 6. The molecule has 0 aliphatic carbocycles. The molecule has 25 heavy (non-hydrogen) atoms. The second-order valence-electron chi connectivity index (χ2n) is 5.84. The van der Waals surface area contributed by atoms with E-state index >= 15 is 0 Å². The number of hydrogen-bond acceptors (Lipinski definition) is 3. The predicted octanol–water partition coefficient (Wildman–Crippen LogP) is 3.22. The third kappa shape index (κ3) is 3.95. The zero-order valence-electron chi connectivity index (χ0n) is 14.4. The Morgan fingerprint density at radius 1 is 1.12 bits per heavy atom. The number of methoxy groups -OCH3 is 1. The lowest BCUT2D eigenvalue weighted by Crippen LogP contribution is -2.32. The molecule has 3 aromatic rings. The molecule has 0 bridgehead atoms. The molecule has 3 rings (SSSR count). The van der Waals surface area contributed by atoms with Crippen molar-refractivity contribution in [2.24, 2.45) is 0 Å². The summed E-state index contributed by atoms with van der Waals surface area (Å²) in [5, 5.41) is 4.21. The van der Waals surface area contributed by atoms with Crippen LogP contribution >= 0.6 is 0 Å². The summed E-state index contributed by atoms with van der Waals surface area (Å²) in [5.41, 5.74) is 2.90. The largest absolute Gasteiger partial charge is 0.367 e. The minimum atomic E-state index is -0.588. The second kappa shape index (κ2) is 7.77. The molecule has 0 spiro atoms. The molecule has 2 aromatic carbocycles. The highest BCUT2D eigenvalue weighted by Crippen LogP contribution is 2.20. The molecule has 0 unspecified atom stereocenters. The number of carbonyl (C=O) groups excluding carboxylic acids is 1. The summed E-state index contributed by atoms with van der Waals surface area (Å²) in [6.07, 6.45) is 3.05. The number of aromatic nitrogens is 2. The molecular weight excluding hydrogens is 314 g/mol. The van der Waals surface area contributed by atoms with Crippen LogP contribution < -0.4 is 0 Å². The molecule has 128 valence electrons. The van der Waals surface area contributed by atoms with E-state index in [0.29, 0.717) is 6.54 Å². The summed E-state index contributed by atoms with van der Waals surface area (Å²) in [6.45, 7) is 0.519. The van der Waals surface area contributed by atoms with Crippen molar-refractivity contribution in [1.29, 1.82) is 0 Å². The van der Waals surface area contributed by atoms with Crippen molar-refractivity contribution in [3.05, 3.63) is 84.2 Å². The second-order valence-corrected chi connectivity index (χ2v) is 5.84. The van der Waals surface area contributed by atoms with Crippen molar-refractivity contribution in [3.8, 4) is 5.69 Å². The Morgan fingerprint density at radius 2 is 1.84 bits per heavy atom. The van der Waals surface area contributed by atoms with Gasteiger partial charge in [0, 0.05) is 33.1 Å². The van der Waals surface area contributed by atoms with Gasteiger partial charge in [-0.1, -0.05) is 42.5 Å². The van der Waals surface area contributed by atoms with Crippen LogP contribution in [0.3, 0.4) is 0 Å². The summed E-state index contributed by atoms with van der Waals surface area (Å²) in [6, 6.07) is 19.4. The maximum atomic E-state index is 12.7. The topological polar surface area (TPSA) is 47.4 Å². The van der Waals surface area contributed by atoms with E-state index in [4.69, 9.17) is 4.74 Å². The normalized spacial score (nSPS) is 11.9. The number of benzene rings is 2. The highest BCUT2D eigenvalue weighted by atomic mass is 16.5. The molecule has 5 heteroatoms. The Labute approximate surface area is 147 Å². The SMILES string of the molecule is CO[C@H](C(=O)N(C)Cc1ccc(-n2cccn2)cc1)c1ccccc1. The lowest BCUT2D eigenvalue weighted by molar-refractivity contribution is -0.141. The van der Waals surface area contributed by atoms with Crippen molar-refractivity contribution < 1.29 is 9.53 Å². The van der Waals surface area contributed by atoms with E-state index in [0.717, 1.165) is 16.8 Å². The number of likely N-dealkylation sites (N-methyl/N-ethyl adjacent to an activating group) is 1. The fourth-order valence-electron chi connectivity index (χ4n) is 2.73. The van der Waals surface area contributed by atoms with Gasteiger partial charge in [-0.15, -0.1) is 0 Å². The molecule has 0 saturated carbocycles. The van der Waals surface area contributed by atoms with Gasteiger partial charge < -0.3 is 9.64 Å². The summed E-state index contributed by atoms with van der Waals surface area (Å²) < 4.78 is 7.22. The standard InChI is InChI=1S/C20H21N3O2/c1-22(20(24)19(25-2)17-7-4-3-5-8-17)15-16-9-11-18(12-10-16)23-14-6-13-21-23/h3-14,19H,15H2,1-2H3/t19-/m0/s1. The molecule has 0 saturated heterocycles.